The second kappa shape index (κ2) is 10.3. The third-order valence-electron chi connectivity index (χ3n) is 3.26. The van der Waals surface area contributed by atoms with E-state index in [1.54, 1.807) is 0 Å². The van der Waals surface area contributed by atoms with Crippen molar-refractivity contribution in [1.82, 2.24) is 0 Å². The molecule has 0 N–H and O–H groups in total. The number of anilines is 2. The molecular formula is C16H24Cl2N4O. The molecule has 0 unspecified atom stereocenters. The highest BCUT2D eigenvalue weighted by Gasteiger charge is 2.05. The van der Waals surface area contributed by atoms with E-state index >= 15 is 0 Å². The second-order valence-corrected chi connectivity index (χ2v) is 5.39. The Kier molecular flexibility index (Phi) is 9.56. The van der Waals surface area contributed by atoms with Crippen molar-refractivity contribution in [2.24, 2.45) is 0 Å². The van der Waals surface area contributed by atoms with Gasteiger partial charge in [-0.2, -0.15) is 9.13 Å². The molecule has 0 aliphatic heterocycles. The highest BCUT2D eigenvalue weighted by Crippen LogP contribution is 2.06. The molecule has 2 aromatic rings. The van der Waals surface area contributed by atoms with E-state index in [0.29, 0.717) is 13.5 Å². The molecule has 0 atom stereocenters. The molecular weight excluding hydrogens is 335 g/mol. The summed E-state index contributed by atoms with van der Waals surface area (Å²) in [6.07, 6.45) is 8.09. The molecule has 0 amide bonds. The van der Waals surface area contributed by atoms with E-state index in [4.69, 9.17) is 4.74 Å². The standard InChI is InChI=1S/C16H24N4O.2ClH/c1-17(2)15-5-9-19(10-6-15)13-21-14-20-11-7-16(8-12-20)18(3)4;;/h5-12H,13-14H2,1-4H3;2*1H/q+2;;/p-2. The van der Waals surface area contributed by atoms with E-state index < -0.39 is 0 Å². The monoisotopic (exact) mass is 358 g/mol. The number of halogens is 2. The summed E-state index contributed by atoms with van der Waals surface area (Å²) in [6, 6.07) is 8.29. The van der Waals surface area contributed by atoms with Crippen molar-refractivity contribution >= 4 is 11.4 Å². The Hall–Kier alpha value is -1.56. The second-order valence-electron chi connectivity index (χ2n) is 5.39. The molecule has 0 bridgehead atoms. The summed E-state index contributed by atoms with van der Waals surface area (Å²) >= 11 is 0. The summed E-state index contributed by atoms with van der Waals surface area (Å²) < 4.78 is 9.74. The van der Waals surface area contributed by atoms with Crippen LogP contribution < -0.4 is 43.7 Å². The lowest BCUT2D eigenvalue weighted by molar-refractivity contribution is -0.788. The van der Waals surface area contributed by atoms with Gasteiger partial charge in [-0.1, -0.05) is 0 Å². The summed E-state index contributed by atoms with van der Waals surface area (Å²) in [5.74, 6) is 0. The minimum atomic E-state index is 0. The molecule has 0 radical (unpaired) electrons. The SMILES string of the molecule is CN(C)c1cc[n+](COC[n+]2ccc(N(C)C)cc2)cc1.[Cl-].[Cl-]. The predicted molar refractivity (Wildman–Crippen MR) is 83.0 cm³/mol. The molecule has 0 aliphatic rings. The molecule has 128 valence electrons. The minimum absolute atomic E-state index is 0. The fraction of sp³-hybridized carbons (Fsp3) is 0.375. The van der Waals surface area contributed by atoms with Crippen molar-refractivity contribution in [3.8, 4) is 0 Å². The van der Waals surface area contributed by atoms with E-state index in [1.807, 2.05) is 62.1 Å². The molecule has 0 spiro atoms. The lowest BCUT2D eigenvalue weighted by atomic mass is 10.4. The number of aromatic nitrogens is 2. The van der Waals surface area contributed by atoms with E-state index in [9.17, 15) is 0 Å². The molecule has 2 rings (SSSR count). The van der Waals surface area contributed by atoms with Gasteiger partial charge in [-0.05, 0) is 0 Å². The van der Waals surface area contributed by atoms with Crippen LogP contribution in [-0.2, 0) is 18.2 Å². The Morgan fingerprint density at radius 1 is 0.696 bits per heavy atom. The number of pyridine rings is 2. The van der Waals surface area contributed by atoms with E-state index in [-0.39, 0.29) is 24.8 Å². The van der Waals surface area contributed by atoms with Crippen LogP contribution in [0.5, 0.6) is 0 Å². The Morgan fingerprint density at radius 3 is 1.26 bits per heavy atom. The normalized spacial score (nSPS) is 9.57. The van der Waals surface area contributed by atoms with Crippen LogP contribution in [0, 0.1) is 0 Å². The van der Waals surface area contributed by atoms with Crippen molar-refractivity contribution in [3.63, 3.8) is 0 Å². The number of ether oxygens (including phenoxy) is 1. The topological polar surface area (TPSA) is 23.5 Å². The molecule has 0 saturated carbocycles. The van der Waals surface area contributed by atoms with Gasteiger partial charge in [-0.15, -0.1) is 0 Å². The van der Waals surface area contributed by atoms with Crippen molar-refractivity contribution in [2.45, 2.75) is 13.5 Å². The minimum Gasteiger partial charge on any atom is -1.00 e. The molecule has 5 nitrogen and oxygen atoms in total. The number of hydrogen-bond donors (Lipinski definition) is 0. The fourth-order valence-electron chi connectivity index (χ4n) is 1.92. The van der Waals surface area contributed by atoms with Crippen LogP contribution in [0.15, 0.2) is 49.1 Å². The zero-order valence-electron chi connectivity index (χ0n) is 14.0. The van der Waals surface area contributed by atoms with E-state index in [0.717, 1.165) is 0 Å². The molecule has 2 aromatic heterocycles. The van der Waals surface area contributed by atoms with Crippen LogP contribution in [-0.4, -0.2) is 28.2 Å². The van der Waals surface area contributed by atoms with Crippen LogP contribution >= 0.6 is 0 Å². The van der Waals surface area contributed by atoms with Crippen LogP contribution in [0.1, 0.15) is 0 Å². The molecule has 2 heterocycles. The average Bonchev–Trinajstić information content (AvgIpc) is 2.48. The summed E-state index contributed by atoms with van der Waals surface area (Å²) in [7, 11) is 8.13. The molecule has 0 fully saturated rings. The van der Waals surface area contributed by atoms with Gasteiger partial charge in [0.05, 0.1) is 0 Å². The van der Waals surface area contributed by atoms with E-state index in [2.05, 4.69) is 34.1 Å². The van der Waals surface area contributed by atoms with Crippen LogP contribution in [0.4, 0.5) is 11.4 Å². The maximum absolute atomic E-state index is 5.71. The highest BCUT2D eigenvalue weighted by atomic mass is 35.5. The van der Waals surface area contributed by atoms with Crippen molar-refractivity contribution in [3.05, 3.63) is 49.1 Å². The lowest BCUT2D eigenvalue weighted by Gasteiger charge is -2.10. The average molecular weight is 359 g/mol. The molecule has 7 heteroatoms. The first-order valence-electron chi connectivity index (χ1n) is 6.97. The number of rotatable bonds is 6. The van der Waals surface area contributed by atoms with Gasteiger partial charge in [0, 0.05) is 63.8 Å². The van der Waals surface area contributed by atoms with Gasteiger partial charge in [-0.25, -0.2) is 0 Å². The Labute approximate surface area is 150 Å². The number of hydrogen-bond acceptors (Lipinski definition) is 3. The Morgan fingerprint density at radius 2 is 1.00 bits per heavy atom. The van der Waals surface area contributed by atoms with Gasteiger partial charge >= 0.3 is 0 Å². The fourth-order valence-corrected chi connectivity index (χ4v) is 1.92. The summed E-state index contributed by atoms with van der Waals surface area (Å²) in [4.78, 5) is 4.15. The van der Waals surface area contributed by atoms with Gasteiger partial charge in [-0.3, -0.25) is 4.74 Å². The molecule has 0 aliphatic carbocycles. The predicted octanol–water partition coefficient (Wildman–Crippen LogP) is -4.97. The van der Waals surface area contributed by atoms with Gasteiger partial charge in [0.25, 0.3) is 13.5 Å². The molecule has 0 saturated heterocycles. The molecule has 23 heavy (non-hydrogen) atoms. The first-order chi connectivity index (χ1) is 10.1. The zero-order chi connectivity index (χ0) is 15.2. The van der Waals surface area contributed by atoms with Crippen LogP contribution in [0.2, 0.25) is 0 Å². The smallest absolute Gasteiger partial charge is 0.257 e. The highest BCUT2D eigenvalue weighted by molar-refractivity contribution is 5.41. The van der Waals surface area contributed by atoms with Crippen molar-refractivity contribution in [1.29, 1.82) is 0 Å². The Balaban J connectivity index is 0.00000242. The Bertz CT molecular complexity index is 508. The van der Waals surface area contributed by atoms with Gasteiger partial charge < -0.3 is 34.6 Å². The molecule has 0 aromatic carbocycles. The quantitative estimate of drug-likeness (QED) is 0.483. The van der Waals surface area contributed by atoms with Crippen molar-refractivity contribution in [2.75, 3.05) is 38.0 Å². The third-order valence-corrected chi connectivity index (χ3v) is 3.26. The van der Waals surface area contributed by atoms with E-state index in [1.165, 1.54) is 11.4 Å². The summed E-state index contributed by atoms with van der Waals surface area (Å²) in [6.45, 7) is 1.08. The number of nitrogens with zero attached hydrogens (tertiary/aromatic N) is 4. The van der Waals surface area contributed by atoms with Gasteiger partial charge in [0.2, 0.25) is 0 Å². The van der Waals surface area contributed by atoms with Gasteiger partial charge in [0.1, 0.15) is 0 Å². The third kappa shape index (κ3) is 6.60. The first kappa shape index (κ1) is 21.4. The first-order valence-corrected chi connectivity index (χ1v) is 6.97. The summed E-state index contributed by atoms with van der Waals surface area (Å²) in [5.41, 5.74) is 2.36. The maximum atomic E-state index is 5.71. The zero-order valence-corrected chi connectivity index (χ0v) is 15.5. The van der Waals surface area contributed by atoms with Gasteiger partial charge in [0.15, 0.2) is 24.8 Å². The summed E-state index contributed by atoms with van der Waals surface area (Å²) in [5, 5.41) is 0. The van der Waals surface area contributed by atoms with Crippen LogP contribution in [0.3, 0.4) is 0 Å². The van der Waals surface area contributed by atoms with Crippen LogP contribution in [0.25, 0.3) is 0 Å². The largest absolute Gasteiger partial charge is 1.00 e. The maximum Gasteiger partial charge on any atom is 0.257 e. The lowest BCUT2D eigenvalue weighted by Crippen LogP contribution is -3.00. The van der Waals surface area contributed by atoms with Crippen molar-refractivity contribution < 1.29 is 38.7 Å².